The van der Waals surface area contributed by atoms with Crippen molar-refractivity contribution >= 4 is 17.7 Å². The molecule has 6 heteroatoms. The summed E-state index contributed by atoms with van der Waals surface area (Å²) in [5.74, 6) is 1.71. The Hall–Kier alpha value is -2.12. The summed E-state index contributed by atoms with van der Waals surface area (Å²) in [6.07, 6.45) is 7.02. The monoisotopic (exact) mass is 495 g/mol. The van der Waals surface area contributed by atoms with E-state index in [0.29, 0.717) is 19.4 Å². The van der Waals surface area contributed by atoms with Crippen LogP contribution in [0.25, 0.3) is 11.1 Å². The highest BCUT2D eigenvalue weighted by atomic mass is 32.2. The first kappa shape index (κ1) is 26.0. The van der Waals surface area contributed by atoms with Gasteiger partial charge in [-0.15, -0.1) is 0 Å². The number of thioether (sulfide) groups is 1. The maximum Gasteiger partial charge on any atom is 0.303 e. The fraction of sp³-hybridized carbons (Fsp3) is 0.483. The van der Waals surface area contributed by atoms with Crippen LogP contribution in [-0.2, 0) is 16.1 Å². The van der Waals surface area contributed by atoms with E-state index in [4.69, 9.17) is 9.84 Å². The molecule has 1 saturated heterocycles. The lowest BCUT2D eigenvalue weighted by atomic mass is 9.95. The number of aliphatic carboxylic acids is 1. The number of hydrogen-bond acceptors (Lipinski definition) is 5. The zero-order chi connectivity index (χ0) is 24.5. The van der Waals surface area contributed by atoms with Crippen molar-refractivity contribution in [1.82, 2.24) is 4.90 Å². The van der Waals surface area contributed by atoms with Crippen LogP contribution in [-0.4, -0.2) is 63.9 Å². The largest absolute Gasteiger partial charge is 0.481 e. The molecule has 1 aliphatic heterocycles. The third-order valence-corrected chi connectivity index (χ3v) is 8.06. The van der Waals surface area contributed by atoms with Gasteiger partial charge < -0.3 is 14.9 Å². The Labute approximate surface area is 213 Å². The summed E-state index contributed by atoms with van der Waals surface area (Å²) in [6, 6.07) is 19.0. The highest BCUT2D eigenvalue weighted by Gasteiger charge is 2.45. The summed E-state index contributed by atoms with van der Waals surface area (Å²) < 4.78 is 6.44. The number of ether oxygens (including phenoxy) is 1. The highest BCUT2D eigenvalue weighted by Crippen LogP contribution is 2.37. The smallest absolute Gasteiger partial charge is 0.303 e. The van der Waals surface area contributed by atoms with Crippen LogP contribution < -0.4 is 0 Å². The molecular formula is C29H37NO4S. The second-order valence-corrected chi connectivity index (χ2v) is 10.7. The fourth-order valence-electron chi connectivity index (χ4n) is 5.30. The first-order valence-corrected chi connectivity index (χ1v) is 13.9. The maximum absolute atomic E-state index is 11.0. The molecule has 2 N–H and O–H groups in total. The molecule has 0 radical (unpaired) electrons. The van der Waals surface area contributed by atoms with Crippen LogP contribution >= 0.6 is 11.8 Å². The van der Waals surface area contributed by atoms with Crippen LogP contribution in [0.15, 0.2) is 66.7 Å². The quantitative estimate of drug-likeness (QED) is 0.328. The van der Waals surface area contributed by atoms with Crippen LogP contribution in [0.4, 0.5) is 0 Å². The van der Waals surface area contributed by atoms with Gasteiger partial charge in [-0.3, -0.25) is 9.69 Å². The minimum absolute atomic E-state index is 0.00190. The third kappa shape index (κ3) is 7.43. The van der Waals surface area contributed by atoms with Crippen molar-refractivity contribution in [2.24, 2.45) is 5.92 Å². The van der Waals surface area contributed by atoms with Crippen LogP contribution in [0.2, 0.25) is 0 Å². The van der Waals surface area contributed by atoms with Gasteiger partial charge in [0.15, 0.2) is 0 Å². The number of aliphatic hydroxyl groups is 1. The zero-order valence-corrected chi connectivity index (χ0v) is 21.1. The Balaban J connectivity index is 1.38. The van der Waals surface area contributed by atoms with E-state index in [1.54, 1.807) is 0 Å². The summed E-state index contributed by atoms with van der Waals surface area (Å²) in [5.41, 5.74) is 3.54. The normalized spacial score (nSPS) is 25.3. The average molecular weight is 496 g/mol. The van der Waals surface area contributed by atoms with Crippen LogP contribution in [0.5, 0.6) is 0 Å². The van der Waals surface area contributed by atoms with Gasteiger partial charge in [0.25, 0.3) is 0 Å². The number of carboxylic acids is 1. The van der Waals surface area contributed by atoms with Gasteiger partial charge in [0.05, 0.1) is 18.8 Å². The van der Waals surface area contributed by atoms with Crippen molar-refractivity contribution in [3.63, 3.8) is 0 Å². The number of benzene rings is 2. The molecule has 1 heterocycles. The Morgan fingerprint density at radius 1 is 1.03 bits per heavy atom. The highest BCUT2D eigenvalue weighted by molar-refractivity contribution is 7.99. The van der Waals surface area contributed by atoms with E-state index < -0.39 is 5.97 Å². The fourth-order valence-corrected chi connectivity index (χ4v) is 6.23. The average Bonchev–Trinajstić information content (AvgIpc) is 3.20. The lowest BCUT2D eigenvalue weighted by Crippen LogP contribution is -2.48. The van der Waals surface area contributed by atoms with Gasteiger partial charge in [-0.25, -0.2) is 0 Å². The Morgan fingerprint density at radius 3 is 2.46 bits per heavy atom. The number of carboxylic acid groups (broad SMARTS) is 1. The molecule has 2 fully saturated rings. The van der Waals surface area contributed by atoms with E-state index in [-0.39, 0.29) is 30.6 Å². The minimum atomic E-state index is -0.745. The van der Waals surface area contributed by atoms with Crippen LogP contribution in [0, 0.1) is 5.92 Å². The van der Waals surface area contributed by atoms with Crippen molar-refractivity contribution in [2.45, 2.75) is 57.0 Å². The van der Waals surface area contributed by atoms with E-state index in [0.717, 1.165) is 43.0 Å². The van der Waals surface area contributed by atoms with Crippen molar-refractivity contribution < 1.29 is 19.7 Å². The lowest BCUT2D eigenvalue weighted by Gasteiger charge is -2.37. The number of nitrogens with zero attached hydrogens (tertiary/aromatic N) is 1. The molecule has 5 nitrogen and oxygen atoms in total. The molecule has 188 valence electrons. The maximum atomic E-state index is 11.0. The molecule has 0 amide bonds. The number of hydrogen-bond donors (Lipinski definition) is 2. The molecule has 1 aliphatic carbocycles. The van der Waals surface area contributed by atoms with E-state index in [1.807, 2.05) is 17.8 Å². The summed E-state index contributed by atoms with van der Waals surface area (Å²) in [4.78, 5) is 13.2. The molecule has 4 rings (SSSR count). The first-order chi connectivity index (χ1) is 17.1. The second-order valence-electron chi connectivity index (χ2n) is 9.51. The topological polar surface area (TPSA) is 70.0 Å². The Bertz CT molecular complexity index is 943. The van der Waals surface area contributed by atoms with E-state index in [1.165, 1.54) is 11.1 Å². The van der Waals surface area contributed by atoms with Crippen LogP contribution in [0.3, 0.4) is 0 Å². The minimum Gasteiger partial charge on any atom is -0.481 e. The Kier molecular flexibility index (Phi) is 9.83. The molecule has 0 unspecified atom stereocenters. The summed E-state index contributed by atoms with van der Waals surface area (Å²) in [5, 5.41) is 19.9. The molecular weight excluding hydrogens is 458 g/mol. The standard InChI is InChI=1S/C29H37NO4S/c31-26-20-27(34-21-22-12-14-24(15-13-22)23-8-4-3-5-9-23)25(10-6-1-2-7-11-28(32)33)29(26)30-16-18-35-19-17-30/h1,3-6,8-9,12-15,25-27,29,31H,2,7,10-11,16-21H2,(H,32,33)/t25-,26+,27-,29+/m0/s1. The lowest BCUT2D eigenvalue weighted by molar-refractivity contribution is -0.137. The van der Waals surface area contributed by atoms with Gasteiger partial charge in [0.1, 0.15) is 0 Å². The van der Waals surface area contributed by atoms with E-state index >= 15 is 0 Å². The van der Waals surface area contributed by atoms with Crippen molar-refractivity contribution in [3.8, 4) is 11.1 Å². The SMILES string of the molecule is O=C(O)CCCC=CC[C@@H]1[C@@H](N2CCSCC2)[C@H](O)C[C@@H]1OCc1ccc(-c2ccccc2)cc1. The molecule has 35 heavy (non-hydrogen) atoms. The number of unbranched alkanes of at least 4 members (excludes halogenated alkanes) is 1. The zero-order valence-electron chi connectivity index (χ0n) is 20.3. The Morgan fingerprint density at radius 2 is 1.74 bits per heavy atom. The predicted molar refractivity (Wildman–Crippen MR) is 142 cm³/mol. The van der Waals surface area contributed by atoms with Gasteiger partial charge >= 0.3 is 5.97 Å². The summed E-state index contributed by atoms with van der Waals surface area (Å²) >= 11 is 1.98. The van der Waals surface area contributed by atoms with Gasteiger partial charge in [0.2, 0.25) is 0 Å². The number of allylic oxidation sites excluding steroid dienone is 2. The molecule has 0 spiro atoms. The first-order valence-electron chi connectivity index (χ1n) is 12.7. The number of carbonyl (C=O) groups is 1. The van der Waals surface area contributed by atoms with Gasteiger partial charge in [-0.2, -0.15) is 11.8 Å². The molecule has 4 atom stereocenters. The van der Waals surface area contributed by atoms with E-state index in [9.17, 15) is 9.90 Å². The molecule has 1 saturated carbocycles. The summed E-state index contributed by atoms with van der Waals surface area (Å²) in [6.45, 7) is 2.56. The van der Waals surface area contributed by atoms with E-state index in [2.05, 4.69) is 65.6 Å². The van der Waals surface area contributed by atoms with Crippen molar-refractivity contribution in [2.75, 3.05) is 24.6 Å². The van der Waals surface area contributed by atoms with Gasteiger partial charge in [-0.05, 0) is 36.0 Å². The van der Waals surface area contributed by atoms with Gasteiger partial charge in [-0.1, -0.05) is 66.7 Å². The second kappa shape index (κ2) is 13.3. The molecule has 2 aromatic rings. The molecule has 2 aromatic carbocycles. The molecule has 0 aromatic heterocycles. The molecule has 2 aliphatic rings. The number of rotatable bonds is 11. The molecule has 0 bridgehead atoms. The van der Waals surface area contributed by atoms with Crippen molar-refractivity contribution in [3.05, 3.63) is 72.3 Å². The number of aliphatic hydroxyl groups excluding tert-OH is 1. The van der Waals surface area contributed by atoms with Crippen molar-refractivity contribution in [1.29, 1.82) is 0 Å². The summed E-state index contributed by atoms with van der Waals surface area (Å²) in [7, 11) is 0. The van der Waals surface area contributed by atoms with Crippen LogP contribution in [0.1, 0.15) is 37.7 Å². The third-order valence-electron chi connectivity index (χ3n) is 7.11. The predicted octanol–water partition coefficient (Wildman–Crippen LogP) is 5.24. The van der Waals surface area contributed by atoms with Gasteiger partial charge in [0, 0.05) is 49.4 Å².